The van der Waals surface area contributed by atoms with Gasteiger partial charge in [-0.3, -0.25) is 0 Å². The van der Waals surface area contributed by atoms with Crippen LogP contribution < -0.4 is 4.74 Å². The van der Waals surface area contributed by atoms with Crippen molar-refractivity contribution in [2.45, 2.75) is 13.5 Å². The third kappa shape index (κ3) is 3.94. The van der Waals surface area contributed by atoms with Crippen LogP contribution in [-0.2, 0) is 6.61 Å². The van der Waals surface area contributed by atoms with E-state index in [1.807, 2.05) is 48.7 Å². The molecule has 1 N–H and O–H groups in total. The fourth-order valence-electron chi connectivity index (χ4n) is 2.56. The van der Waals surface area contributed by atoms with Crippen LogP contribution in [0.5, 0.6) is 5.75 Å². The maximum absolute atomic E-state index is 6.18. The lowest BCUT2D eigenvalue weighted by molar-refractivity contribution is 0.268. The van der Waals surface area contributed by atoms with Crippen LogP contribution in [0.2, 0.25) is 5.02 Å². The van der Waals surface area contributed by atoms with E-state index in [1.54, 1.807) is 28.3 Å². The van der Waals surface area contributed by atoms with Gasteiger partial charge in [-0.05, 0) is 54.4 Å². The van der Waals surface area contributed by atoms with E-state index < -0.39 is 0 Å². The number of aromatic nitrogens is 3. The van der Waals surface area contributed by atoms with Crippen molar-refractivity contribution in [2.75, 3.05) is 0 Å². The molecular weight excluding hydrogens is 416 g/mol. The topological polar surface area (TPSA) is 68.3 Å². The minimum absolute atomic E-state index is 0.268. The number of nitrogens with one attached hydrogen (secondary N) is 1. The van der Waals surface area contributed by atoms with Crippen LogP contribution in [0, 0.1) is 11.7 Å². The normalized spacial score (nSPS) is 11.4. The van der Waals surface area contributed by atoms with E-state index in [0.29, 0.717) is 32.9 Å². The van der Waals surface area contributed by atoms with Crippen molar-refractivity contribution in [3.63, 3.8) is 0 Å². The molecule has 0 aliphatic rings. The number of para-hydroxylation sites is 1. The summed E-state index contributed by atoms with van der Waals surface area (Å²) in [7, 11) is 0. The van der Waals surface area contributed by atoms with Gasteiger partial charge >= 0.3 is 0 Å². The van der Waals surface area contributed by atoms with Crippen molar-refractivity contribution >= 4 is 41.4 Å². The van der Waals surface area contributed by atoms with Crippen molar-refractivity contribution in [1.82, 2.24) is 14.9 Å². The molecule has 1 aromatic carbocycles. The quantitative estimate of drug-likeness (QED) is 0.315. The number of nitrogens with zero attached hydrogens (tertiary/aromatic N) is 3. The van der Waals surface area contributed by atoms with Crippen molar-refractivity contribution in [3.05, 3.63) is 74.7 Å². The van der Waals surface area contributed by atoms with Crippen LogP contribution in [0.25, 0.3) is 10.7 Å². The van der Waals surface area contributed by atoms with Gasteiger partial charge in [0.05, 0.1) is 16.1 Å². The zero-order chi connectivity index (χ0) is 19.5. The average molecular weight is 431 g/mol. The Labute approximate surface area is 175 Å². The predicted octanol–water partition coefficient (Wildman–Crippen LogP) is 5.69. The van der Waals surface area contributed by atoms with Crippen LogP contribution in [0.1, 0.15) is 17.1 Å². The molecule has 4 aromatic rings. The van der Waals surface area contributed by atoms with E-state index in [0.717, 1.165) is 10.4 Å². The van der Waals surface area contributed by atoms with Crippen LogP contribution >= 0.6 is 35.2 Å². The lowest BCUT2D eigenvalue weighted by Gasteiger charge is -2.09. The molecule has 0 saturated heterocycles. The summed E-state index contributed by atoms with van der Waals surface area (Å²) in [4.78, 5) is 0.966. The maximum atomic E-state index is 6.18. The van der Waals surface area contributed by atoms with Gasteiger partial charge in [-0.25, -0.2) is 5.10 Å². The molecule has 0 saturated carbocycles. The van der Waals surface area contributed by atoms with Crippen molar-refractivity contribution < 1.29 is 9.15 Å². The number of ether oxygens (including phenoxy) is 1. The first-order valence-electron chi connectivity index (χ1n) is 8.34. The highest BCUT2D eigenvalue weighted by Gasteiger charge is 2.10. The van der Waals surface area contributed by atoms with Gasteiger partial charge < -0.3 is 9.15 Å². The summed E-state index contributed by atoms with van der Waals surface area (Å²) in [6, 6.07) is 13.2. The third-order valence-corrected chi connectivity index (χ3v) is 5.33. The van der Waals surface area contributed by atoms with Gasteiger partial charge in [0.1, 0.15) is 23.9 Å². The van der Waals surface area contributed by atoms with E-state index >= 15 is 0 Å². The lowest BCUT2D eigenvalue weighted by Crippen LogP contribution is -1.96. The fourth-order valence-corrected chi connectivity index (χ4v) is 3.72. The number of aromatic amines is 1. The number of hydrogen-bond acceptors (Lipinski definition) is 6. The number of H-pyrrole nitrogens is 1. The first-order chi connectivity index (χ1) is 13.6. The Bertz CT molecular complexity index is 1150. The van der Waals surface area contributed by atoms with E-state index in [1.165, 1.54) is 0 Å². The largest absolute Gasteiger partial charge is 0.484 e. The smallest absolute Gasteiger partial charge is 0.216 e. The highest BCUT2D eigenvalue weighted by Crippen LogP contribution is 2.28. The van der Waals surface area contributed by atoms with E-state index in [-0.39, 0.29) is 6.61 Å². The first-order valence-corrected chi connectivity index (χ1v) is 10.0. The summed E-state index contributed by atoms with van der Waals surface area (Å²) in [6.45, 7) is 2.21. The number of aryl methyl sites for hydroxylation is 1. The molecule has 28 heavy (non-hydrogen) atoms. The molecule has 0 amide bonds. The molecule has 0 aliphatic carbocycles. The van der Waals surface area contributed by atoms with Gasteiger partial charge in [0.25, 0.3) is 0 Å². The summed E-state index contributed by atoms with van der Waals surface area (Å²) in [5.74, 6) is 2.55. The highest BCUT2D eigenvalue weighted by atomic mass is 35.5. The summed E-state index contributed by atoms with van der Waals surface area (Å²) < 4.78 is 13.5. The van der Waals surface area contributed by atoms with E-state index in [2.05, 4.69) is 15.3 Å². The van der Waals surface area contributed by atoms with E-state index in [9.17, 15) is 0 Å². The van der Waals surface area contributed by atoms with Gasteiger partial charge in [-0.15, -0.1) is 11.3 Å². The minimum atomic E-state index is 0.268. The maximum Gasteiger partial charge on any atom is 0.216 e. The molecule has 6 nitrogen and oxygen atoms in total. The molecule has 0 radical (unpaired) electrons. The monoisotopic (exact) mass is 430 g/mol. The number of thiophene rings is 1. The molecule has 0 fully saturated rings. The molecule has 4 rings (SSSR count). The Hall–Kier alpha value is -2.68. The van der Waals surface area contributed by atoms with E-state index in [4.69, 9.17) is 33.0 Å². The SMILES string of the molecule is Cc1cccc(Cl)c1OCc1ccc(/C=N/n2c(-c3cccs3)n[nH]c2=S)o1. The predicted molar refractivity (Wildman–Crippen MR) is 113 cm³/mol. The van der Waals surface area contributed by atoms with Crippen LogP contribution in [0.15, 0.2) is 57.4 Å². The number of rotatable bonds is 6. The molecule has 3 aromatic heterocycles. The summed E-state index contributed by atoms with van der Waals surface area (Å²) in [5.41, 5.74) is 0.969. The fraction of sp³-hybridized carbons (Fsp3) is 0.105. The molecule has 142 valence electrons. The van der Waals surface area contributed by atoms with Crippen LogP contribution in [-0.4, -0.2) is 21.1 Å². The molecule has 0 bridgehead atoms. The zero-order valence-corrected chi connectivity index (χ0v) is 17.1. The summed E-state index contributed by atoms with van der Waals surface area (Å²) >= 11 is 13.0. The average Bonchev–Trinajstić information content (AvgIpc) is 3.41. The molecule has 3 heterocycles. The van der Waals surface area contributed by atoms with Crippen LogP contribution in [0.4, 0.5) is 0 Å². The highest BCUT2D eigenvalue weighted by molar-refractivity contribution is 7.71. The number of furan rings is 1. The minimum Gasteiger partial charge on any atom is -0.484 e. The Morgan fingerprint density at radius 1 is 1.32 bits per heavy atom. The van der Waals surface area contributed by atoms with Crippen molar-refractivity contribution in [3.8, 4) is 16.5 Å². The van der Waals surface area contributed by atoms with Crippen molar-refractivity contribution in [1.29, 1.82) is 0 Å². The second-order valence-corrected chi connectivity index (χ2v) is 7.61. The molecule has 0 atom stereocenters. The molecule has 0 spiro atoms. The second-order valence-electron chi connectivity index (χ2n) is 5.86. The van der Waals surface area contributed by atoms with Gasteiger partial charge in [0, 0.05) is 0 Å². The van der Waals surface area contributed by atoms with Crippen molar-refractivity contribution in [2.24, 2.45) is 5.10 Å². The molecule has 9 heteroatoms. The molecule has 0 unspecified atom stereocenters. The van der Waals surface area contributed by atoms with Crippen LogP contribution in [0.3, 0.4) is 0 Å². The Morgan fingerprint density at radius 2 is 2.21 bits per heavy atom. The Kier molecular flexibility index (Phi) is 5.43. The third-order valence-electron chi connectivity index (χ3n) is 3.90. The first kappa shape index (κ1) is 18.7. The molecule has 0 aliphatic heterocycles. The number of halogens is 1. The number of hydrogen-bond donors (Lipinski definition) is 1. The van der Waals surface area contributed by atoms with Gasteiger partial charge in [-0.2, -0.15) is 14.9 Å². The zero-order valence-electron chi connectivity index (χ0n) is 14.8. The standard InChI is InChI=1S/C19H15ClN4O2S2/c1-12-4-2-5-15(20)17(12)25-11-14-8-7-13(26-14)10-21-24-18(22-23-19(24)27)16-6-3-9-28-16/h2-10H,11H2,1H3,(H,23,27)/b21-10+. The molecular formula is C19H15ClN4O2S2. The van der Waals surface area contributed by atoms with Gasteiger partial charge in [-0.1, -0.05) is 29.8 Å². The summed E-state index contributed by atoms with van der Waals surface area (Å²) in [5, 5.41) is 13.9. The van der Waals surface area contributed by atoms with Gasteiger partial charge in [0.15, 0.2) is 5.82 Å². The second kappa shape index (κ2) is 8.14. The Morgan fingerprint density at radius 3 is 3.00 bits per heavy atom. The Balaban J connectivity index is 1.49. The lowest BCUT2D eigenvalue weighted by atomic mass is 10.2. The summed E-state index contributed by atoms with van der Waals surface area (Å²) in [6.07, 6.45) is 1.59. The van der Waals surface area contributed by atoms with Gasteiger partial charge in [0.2, 0.25) is 4.77 Å². The number of benzene rings is 1.